The Balaban J connectivity index is 1.32. The first-order valence-corrected chi connectivity index (χ1v) is 13.5. The fraction of sp³-hybridized carbons (Fsp3) is 0.519. The number of piperidine rings is 1. The molecule has 36 heavy (non-hydrogen) atoms. The fourth-order valence-corrected chi connectivity index (χ4v) is 6.08. The predicted octanol–water partition coefficient (Wildman–Crippen LogP) is 5.36. The van der Waals surface area contributed by atoms with E-state index in [2.05, 4.69) is 14.9 Å². The summed E-state index contributed by atoms with van der Waals surface area (Å²) in [4.78, 5) is 22.5. The number of hydrogen-bond donors (Lipinski definition) is 1. The van der Waals surface area contributed by atoms with Gasteiger partial charge in [-0.05, 0) is 80.4 Å². The number of carboxylic acids is 1. The van der Waals surface area contributed by atoms with Gasteiger partial charge in [-0.15, -0.1) is 11.8 Å². The molecule has 1 saturated heterocycles. The molecule has 1 aliphatic heterocycles. The lowest BCUT2D eigenvalue weighted by molar-refractivity contribution is -0.139. The molecular weight excluding hydrogens is 479 g/mol. The molecule has 1 fully saturated rings. The van der Waals surface area contributed by atoms with Gasteiger partial charge in [-0.2, -0.15) is 0 Å². The Bertz CT molecular complexity index is 1160. The Morgan fingerprint density at radius 3 is 2.94 bits per heavy atom. The summed E-state index contributed by atoms with van der Waals surface area (Å²) in [5.41, 5.74) is 1.37. The molecule has 194 valence electrons. The van der Waals surface area contributed by atoms with Gasteiger partial charge in [0, 0.05) is 37.3 Å². The minimum Gasteiger partial charge on any atom is -0.497 e. The van der Waals surface area contributed by atoms with Gasteiger partial charge in [-0.3, -0.25) is 9.78 Å². The van der Waals surface area contributed by atoms with Crippen LogP contribution in [0.1, 0.15) is 43.8 Å². The van der Waals surface area contributed by atoms with Gasteiger partial charge in [-0.1, -0.05) is 0 Å². The first-order chi connectivity index (χ1) is 17.4. The maximum absolute atomic E-state index is 15.5. The van der Waals surface area contributed by atoms with Crippen molar-refractivity contribution in [3.8, 4) is 5.75 Å². The number of carboxylic acid groups (broad SMARTS) is 1. The van der Waals surface area contributed by atoms with Crippen LogP contribution in [0.25, 0.3) is 10.9 Å². The van der Waals surface area contributed by atoms with Crippen LogP contribution in [0, 0.1) is 11.8 Å². The first-order valence-electron chi connectivity index (χ1n) is 12.5. The van der Waals surface area contributed by atoms with Gasteiger partial charge in [0.2, 0.25) is 0 Å². The van der Waals surface area contributed by atoms with Gasteiger partial charge < -0.3 is 19.3 Å². The van der Waals surface area contributed by atoms with E-state index in [-0.39, 0.29) is 18.3 Å². The highest BCUT2D eigenvalue weighted by Gasteiger charge is 2.31. The Kier molecular flexibility index (Phi) is 9.20. The Labute approximate surface area is 216 Å². The quantitative estimate of drug-likeness (QED) is 0.257. The molecule has 3 atom stereocenters. The molecule has 1 aliphatic rings. The van der Waals surface area contributed by atoms with Gasteiger partial charge in [0.15, 0.2) is 0 Å². The molecule has 0 saturated carbocycles. The zero-order valence-electron chi connectivity index (χ0n) is 21.0. The number of thioether (sulfide) groups is 1. The third kappa shape index (κ3) is 6.76. The number of rotatable bonds is 12. The number of aryl methyl sites for hydroxylation is 1. The zero-order valence-corrected chi connectivity index (χ0v) is 21.8. The van der Waals surface area contributed by atoms with Gasteiger partial charge >= 0.3 is 5.97 Å². The zero-order chi connectivity index (χ0) is 25.5. The third-order valence-corrected chi connectivity index (χ3v) is 8.35. The molecule has 0 amide bonds. The number of likely N-dealkylation sites (tertiary alicyclic amines) is 1. The van der Waals surface area contributed by atoms with Crippen LogP contribution < -0.4 is 4.74 Å². The van der Waals surface area contributed by atoms with Crippen molar-refractivity contribution in [2.75, 3.05) is 32.5 Å². The van der Waals surface area contributed by atoms with Crippen LogP contribution in [0.2, 0.25) is 0 Å². The molecule has 4 rings (SSSR count). The maximum atomic E-state index is 15.5. The van der Waals surface area contributed by atoms with E-state index < -0.39 is 12.1 Å². The van der Waals surface area contributed by atoms with Crippen molar-refractivity contribution in [2.45, 2.75) is 43.3 Å². The van der Waals surface area contributed by atoms with Crippen LogP contribution in [-0.4, -0.2) is 63.0 Å². The predicted molar refractivity (Wildman–Crippen MR) is 140 cm³/mol. The second kappa shape index (κ2) is 12.5. The first kappa shape index (κ1) is 26.4. The second-order valence-electron chi connectivity index (χ2n) is 9.58. The number of alkyl halides is 1. The lowest BCUT2D eigenvalue weighted by atomic mass is 9.79. The summed E-state index contributed by atoms with van der Waals surface area (Å²) in [6.45, 7) is 2.65. The average Bonchev–Trinajstić information content (AvgIpc) is 3.29. The number of aromatic nitrogens is 3. The van der Waals surface area contributed by atoms with Crippen molar-refractivity contribution in [1.82, 2.24) is 19.4 Å². The SMILES string of the molecule is COc1ccc2nccc([C@@H](F)CC[C@@H]3CCN(CCCSc4cncn4C)C[C@@H]3CC(=O)O)c2c1. The second-order valence-corrected chi connectivity index (χ2v) is 10.7. The molecule has 0 radical (unpaired) electrons. The van der Waals surface area contributed by atoms with Crippen LogP contribution in [0.3, 0.4) is 0 Å². The van der Waals surface area contributed by atoms with E-state index >= 15 is 4.39 Å². The molecule has 1 N–H and O–H groups in total. The van der Waals surface area contributed by atoms with Crippen LogP contribution in [0.5, 0.6) is 5.75 Å². The Hall–Kier alpha value is -2.65. The van der Waals surface area contributed by atoms with Gasteiger partial charge in [0.1, 0.15) is 11.9 Å². The molecular formula is C27H35FN4O3S. The molecule has 0 bridgehead atoms. The highest BCUT2D eigenvalue weighted by molar-refractivity contribution is 7.99. The lowest BCUT2D eigenvalue weighted by Gasteiger charge is -2.38. The topological polar surface area (TPSA) is 80.5 Å². The summed E-state index contributed by atoms with van der Waals surface area (Å²) >= 11 is 1.79. The van der Waals surface area contributed by atoms with Crippen molar-refractivity contribution in [3.63, 3.8) is 0 Å². The number of hydrogen-bond acceptors (Lipinski definition) is 6. The number of carbonyl (C=O) groups is 1. The van der Waals surface area contributed by atoms with Crippen molar-refractivity contribution in [1.29, 1.82) is 0 Å². The van der Waals surface area contributed by atoms with Gasteiger partial charge in [0.25, 0.3) is 0 Å². The third-order valence-electron chi connectivity index (χ3n) is 7.16. The summed E-state index contributed by atoms with van der Waals surface area (Å²) in [7, 11) is 3.59. The number of imidazole rings is 1. The van der Waals surface area contributed by atoms with E-state index in [0.29, 0.717) is 24.2 Å². The highest BCUT2D eigenvalue weighted by Crippen LogP contribution is 2.36. The minimum atomic E-state index is -1.13. The monoisotopic (exact) mass is 514 g/mol. The largest absolute Gasteiger partial charge is 0.497 e. The number of ether oxygens (including phenoxy) is 1. The number of methoxy groups -OCH3 is 1. The van der Waals surface area contributed by atoms with Crippen LogP contribution in [0.4, 0.5) is 4.39 Å². The van der Waals surface area contributed by atoms with E-state index in [1.807, 2.05) is 36.0 Å². The summed E-state index contributed by atoms with van der Waals surface area (Å²) in [5, 5.41) is 11.4. The Morgan fingerprint density at radius 1 is 1.33 bits per heavy atom. The fourth-order valence-electron chi connectivity index (χ4n) is 5.21. The van der Waals surface area contributed by atoms with E-state index in [9.17, 15) is 9.90 Å². The van der Waals surface area contributed by atoms with Crippen molar-refractivity contribution >= 4 is 28.6 Å². The van der Waals surface area contributed by atoms with Crippen LogP contribution in [-0.2, 0) is 11.8 Å². The van der Waals surface area contributed by atoms with Crippen LogP contribution in [0.15, 0.2) is 48.0 Å². The average molecular weight is 515 g/mol. The van der Waals surface area contributed by atoms with Crippen molar-refractivity contribution in [2.24, 2.45) is 18.9 Å². The summed E-state index contributed by atoms with van der Waals surface area (Å²) in [6.07, 6.45) is 7.33. The molecule has 2 aromatic heterocycles. The highest BCUT2D eigenvalue weighted by atomic mass is 32.2. The molecule has 0 spiro atoms. The standard InChI is InChI=1S/C27H35FN4O3S/c1-31-18-29-16-26(31)36-13-3-11-32-12-9-19(20(17-32)14-27(33)34)4-6-24(28)22-8-10-30-25-7-5-21(35-2)15-23(22)25/h5,7-8,10,15-16,18-20,24H,3-4,6,9,11-14,17H2,1-2H3,(H,33,34)/t19-,20+,24+/m1/s1. The molecule has 9 heteroatoms. The van der Waals surface area contributed by atoms with Gasteiger partial charge in [-0.25, -0.2) is 9.37 Å². The maximum Gasteiger partial charge on any atom is 0.303 e. The molecule has 0 aliphatic carbocycles. The number of pyridine rings is 1. The van der Waals surface area contributed by atoms with Crippen molar-refractivity contribution < 1.29 is 19.0 Å². The number of halogens is 1. The molecule has 3 aromatic rings. The smallest absolute Gasteiger partial charge is 0.303 e. The molecule has 0 unspecified atom stereocenters. The van der Waals surface area contributed by atoms with E-state index in [0.717, 1.165) is 54.2 Å². The van der Waals surface area contributed by atoms with Crippen molar-refractivity contribution in [3.05, 3.63) is 48.5 Å². The molecule has 3 heterocycles. The number of benzene rings is 1. The number of fused-ring (bicyclic) bond motifs is 1. The van der Waals surface area contributed by atoms with E-state index in [4.69, 9.17) is 4.74 Å². The lowest BCUT2D eigenvalue weighted by Crippen LogP contribution is -2.42. The summed E-state index contributed by atoms with van der Waals surface area (Å²) in [6, 6.07) is 7.25. The Morgan fingerprint density at radius 2 is 2.19 bits per heavy atom. The minimum absolute atomic E-state index is 0.0439. The van der Waals surface area contributed by atoms with E-state index in [1.54, 1.807) is 37.5 Å². The summed E-state index contributed by atoms with van der Waals surface area (Å²) < 4.78 is 22.8. The number of aliphatic carboxylic acids is 1. The van der Waals surface area contributed by atoms with E-state index in [1.165, 1.54) is 0 Å². The normalized spacial score (nSPS) is 19.4. The number of nitrogens with zero attached hydrogens (tertiary/aromatic N) is 4. The van der Waals surface area contributed by atoms with Gasteiger partial charge in [0.05, 0.1) is 30.2 Å². The summed E-state index contributed by atoms with van der Waals surface area (Å²) in [5.74, 6) is 1.15. The van der Waals surface area contributed by atoms with Crippen LogP contribution >= 0.6 is 11.8 Å². The molecule has 7 nitrogen and oxygen atoms in total. The molecule has 1 aromatic carbocycles.